The van der Waals surface area contributed by atoms with Crippen LogP contribution in [0.1, 0.15) is 17.0 Å². The van der Waals surface area contributed by atoms with Crippen LogP contribution < -0.4 is 5.32 Å². The highest BCUT2D eigenvalue weighted by Crippen LogP contribution is 2.14. The fraction of sp³-hybridized carbons (Fsp3) is 0.333. The van der Waals surface area contributed by atoms with Crippen LogP contribution in [-0.4, -0.2) is 33.6 Å². The second kappa shape index (κ2) is 8.08. The van der Waals surface area contributed by atoms with Gasteiger partial charge in [0.05, 0.1) is 5.69 Å². The molecule has 0 fully saturated rings. The predicted molar refractivity (Wildman–Crippen MR) is 95.1 cm³/mol. The number of pyridine rings is 1. The summed E-state index contributed by atoms with van der Waals surface area (Å²) >= 11 is 1.68. The minimum Gasteiger partial charge on any atom is -0.396 e. The van der Waals surface area contributed by atoms with Crippen molar-refractivity contribution in [2.24, 2.45) is 5.92 Å². The zero-order valence-corrected chi connectivity index (χ0v) is 14.2. The summed E-state index contributed by atoms with van der Waals surface area (Å²) in [6, 6.07) is 9.90. The van der Waals surface area contributed by atoms with E-state index in [2.05, 4.69) is 16.4 Å². The molecule has 0 unspecified atom stereocenters. The molecule has 1 atom stereocenters. The van der Waals surface area contributed by atoms with Gasteiger partial charge in [-0.15, -0.1) is 11.3 Å². The Morgan fingerprint density at radius 2 is 2.25 bits per heavy atom. The third kappa shape index (κ3) is 4.43. The Hall–Kier alpha value is -2.18. The first-order chi connectivity index (χ1) is 11.7. The molecule has 3 aromatic rings. The Bertz CT molecular complexity index is 750. The molecule has 0 aromatic carbocycles. The normalized spacial score (nSPS) is 12.4. The number of aromatic nitrogens is 2. The lowest BCUT2D eigenvalue weighted by molar-refractivity contribution is -0.121. The Labute approximate surface area is 145 Å². The van der Waals surface area contributed by atoms with Gasteiger partial charge in [0.1, 0.15) is 5.65 Å². The zero-order valence-electron chi connectivity index (χ0n) is 13.4. The smallest absolute Gasteiger partial charge is 0.220 e. The van der Waals surface area contributed by atoms with Gasteiger partial charge in [0.25, 0.3) is 0 Å². The van der Waals surface area contributed by atoms with Gasteiger partial charge in [-0.25, -0.2) is 4.98 Å². The molecule has 0 spiro atoms. The number of imidazole rings is 1. The minimum absolute atomic E-state index is 0.00307. The Kier molecular flexibility index (Phi) is 5.61. The third-order valence-corrected chi connectivity index (χ3v) is 4.84. The summed E-state index contributed by atoms with van der Waals surface area (Å²) in [7, 11) is 0. The van der Waals surface area contributed by atoms with Crippen molar-refractivity contribution in [3.8, 4) is 0 Å². The van der Waals surface area contributed by atoms with E-state index in [4.69, 9.17) is 0 Å². The van der Waals surface area contributed by atoms with Crippen LogP contribution >= 0.6 is 11.3 Å². The summed E-state index contributed by atoms with van der Waals surface area (Å²) < 4.78 is 1.95. The van der Waals surface area contributed by atoms with Crippen LogP contribution in [0.25, 0.3) is 5.65 Å². The number of thiophene rings is 1. The lowest BCUT2D eigenvalue weighted by Crippen LogP contribution is -2.31. The average molecular weight is 343 g/mol. The molecule has 6 heteroatoms. The summed E-state index contributed by atoms with van der Waals surface area (Å²) in [5.74, 6) is 0.0551. The van der Waals surface area contributed by atoms with E-state index < -0.39 is 0 Å². The van der Waals surface area contributed by atoms with Crippen molar-refractivity contribution in [3.63, 3.8) is 0 Å². The average Bonchev–Trinajstić information content (AvgIpc) is 3.25. The molecule has 1 amide bonds. The van der Waals surface area contributed by atoms with Crippen LogP contribution in [0.5, 0.6) is 0 Å². The monoisotopic (exact) mass is 343 g/mol. The number of amides is 1. The van der Waals surface area contributed by atoms with Crippen LogP contribution in [0.2, 0.25) is 0 Å². The fourth-order valence-corrected chi connectivity index (χ4v) is 3.43. The number of hydrogen-bond acceptors (Lipinski definition) is 4. The standard InChI is InChI=1S/C18H21N3O2S/c22-13-14(10-16-4-3-9-24-16)11-19-18(23)7-6-15-12-21-8-2-1-5-17(21)20-15/h1-5,8-9,12,14,22H,6-7,10-11,13H2,(H,19,23)/t14-/m0/s1. The molecule has 0 aliphatic heterocycles. The maximum atomic E-state index is 12.0. The van der Waals surface area contributed by atoms with Gasteiger partial charge >= 0.3 is 0 Å². The highest BCUT2D eigenvalue weighted by atomic mass is 32.1. The number of carbonyl (C=O) groups excluding carboxylic acids is 1. The second-order valence-electron chi connectivity index (χ2n) is 5.83. The largest absolute Gasteiger partial charge is 0.396 e. The number of nitrogens with zero attached hydrogens (tertiary/aromatic N) is 2. The van der Waals surface area contributed by atoms with Crippen LogP contribution in [0, 0.1) is 5.92 Å². The third-order valence-electron chi connectivity index (χ3n) is 3.94. The van der Waals surface area contributed by atoms with E-state index in [0.717, 1.165) is 17.8 Å². The number of fused-ring (bicyclic) bond motifs is 1. The molecule has 0 radical (unpaired) electrons. The maximum Gasteiger partial charge on any atom is 0.220 e. The number of nitrogens with one attached hydrogen (secondary N) is 1. The first kappa shape index (κ1) is 16.7. The van der Waals surface area contributed by atoms with Crippen molar-refractivity contribution in [3.05, 3.63) is 58.7 Å². The van der Waals surface area contributed by atoms with Crippen LogP contribution in [0.15, 0.2) is 48.1 Å². The molecule has 5 nitrogen and oxygen atoms in total. The number of carbonyl (C=O) groups is 1. The number of aliphatic hydroxyl groups is 1. The number of aliphatic hydroxyl groups excluding tert-OH is 1. The molecule has 2 N–H and O–H groups in total. The van der Waals surface area contributed by atoms with Gasteiger partial charge in [0.2, 0.25) is 5.91 Å². The quantitative estimate of drug-likeness (QED) is 0.659. The minimum atomic E-state index is -0.00307. The van der Waals surface area contributed by atoms with E-state index in [1.807, 2.05) is 46.4 Å². The van der Waals surface area contributed by atoms with E-state index in [9.17, 15) is 9.90 Å². The number of hydrogen-bond donors (Lipinski definition) is 2. The molecule has 3 rings (SSSR count). The number of aryl methyl sites for hydroxylation is 1. The molecule has 126 valence electrons. The molecule has 0 saturated carbocycles. The van der Waals surface area contributed by atoms with Crippen LogP contribution in [0.4, 0.5) is 0 Å². The van der Waals surface area contributed by atoms with Gasteiger partial charge in [0.15, 0.2) is 0 Å². The van der Waals surface area contributed by atoms with Crippen molar-refractivity contribution in [2.75, 3.05) is 13.2 Å². The molecule has 0 aliphatic rings. The van der Waals surface area contributed by atoms with E-state index >= 15 is 0 Å². The summed E-state index contributed by atoms with van der Waals surface area (Å²) in [6.45, 7) is 0.572. The SMILES string of the molecule is O=C(CCc1cn2ccccc2n1)NC[C@@H](CO)Cc1cccs1. The first-order valence-electron chi connectivity index (χ1n) is 8.07. The predicted octanol–water partition coefficient (Wildman–Crippen LogP) is 2.30. The second-order valence-corrected chi connectivity index (χ2v) is 6.87. The van der Waals surface area contributed by atoms with E-state index in [0.29, 0.717) is 19.4 Å². The number of rotatable bonds is 8. The molecule has 3 aromatic heterocycles. The summed E-state index contributed by atoms with van der Waals surface area (Å²) in [4.78, 5) is 17.7. The van der Waals surface area contributed by atoms with Crippen molar-refractivity contribution < 1.29 is 9.90 Å². The molecule has 0 bridgehead atoms. The summed E-state index contributed by atoms with van der Waals surface area (Å²) in [5.41, 5.74) is 1.80. The van der Waals surface area contributed by atoms with Crippen LogP contribution in [0.3, 0.4) is 0 Å². The Balaban J connectivity index is 1.44. The van der Waals surface area contributed by atoms with Gasteiger partial charge in [-0.3, -0.25) is 4.79 Å². The molecule has 0 saturated heterocycles. The topological polar surface area (TPSA) is 66.6 Å². The van der Waals surface area contributed by atoms with Gasteiger partial charge in [-0.1, -0.05) is 12.1 Å². The van der Waals surface area contributed by atoms with Crippen LogP contribution in [-0.2, 0) is 17.6 Å². The fourth-order valence-electron chi connectivity index (χ4n) is 2.61. The van der Waals surface area contributed by atoms with E-state index in [1.54, 1.807) is 11.3 Å². The Morgan fingerprint density at radius 3 is 3.00 bits per heavy atom. The van der Waals surface area contributed by atoms with Crippen molar-refractivity contribution in [1.82, 2.24) is 14.7 Å². The molecule has 24 heavy (non-hydrogen) atoms. The van der Waals surface area contributed by atoms with E-state index in [-0.39, 0.29) is 18.4 Å². The first-order valence-corrected chi connectivity index (χ1v) is 8.95. The zero-order chi connectivity index (χ0) is 16.8. The highest BCUT2D eigenvalue weighted by Gasteiger charge is 2.12. The van der Waals surface area contributed by atoms with Gasteiger partial charge in [-0.2, -0.15) is 0 Å². The molecular formula is C18H21N3O2S. The van der Waals surface area contributed by atoms with Crippen molar-refractivity contribution >= 4 is 22.9 Å². The molecular weight excluding hydrogens is 322 g/mol. The van der Waals surface area contributed by atoms with Gasteiger partial charge in [0, 0.05) is 42.8 Å². The molecule has 0 aliphatic carbocycles. The Morgan fingerprint density at radius 1 is 1.33 bits per heavy atom. The molecule has 3 heterocycles. The van der Waals surface area contributed by atoms with Gasteiger partial charge < -0.3 is 14.8 Å². The van der Waals surface area contributed by atoms with Crippen molar-refractivity contribution in [2.45, 2.75) is 19.3 Å². The summed E-state index contributed by atoms with van der Waals surface area (Å²) in [6.07, 6.45) is 5.71. The van der Waals surface area contributed by atoms with Crippen molar-refractivity contribution in [1.29, 1.82) is 0 Å². The maximum absolute atomic E-state index is 12.0. The lowest BCUT2D eigenvalue weighted by atomic mass is 10.1. The highest BCUT2D eigenvalue weighted by molar-refractivity contribution is 7.09. The lowest BCUT2D eigenvalue weighted by Gasteiger charge is -2.14. The van der Waals surface area contributed by atoms with Gasteiger partial charge in [-0.05, 0) is 36.4 Å². The summed E-state index contributed by atoms with van der Waals surface area (Å²) in [5, 5.41) is 14.4. The van der Waals surface area contributed by atoms with E-state index in [1.165, 1.54) is 4.88 Å².